The van der Waals surface area contributed by atoms with E-state index in [0.29, 0.717) is 16.8 Å². The number of barbiturate groups is 1. The molecular formula is C26H20ClN3O7. The monoisotopic (exact) mass is 521 g/mol. The second kappa shape index (κ2) is 10.9. The quantitative estimate of drug-likeness (QED) is 0.193. The third-order valence-corrected chi connectivity index (χ3v) is 5.57. The first kappa shape index (κ1) is 25.4. The lowest BCUT2D eigenvalue weighted by atomic mass is 10.1. The van der Waals surface area contributed by atoms with Crippen molar-refractivity contribution in [2.24, 2.45) is 0 Å². The van der Waals surface area contributed by atoms with Crippen LogP contribution in [-0.2, 0) is 16.2 Å². The molecule has 4 amide bonds. The van der Waals surface area contributed by atoms with Crippen LogP contribution in [0.3, 0.4) is 0 Å². The number of hydrogen-bond donors (Lipinski definition) is 1. The Hall–Kier alpha value is -4.70. The van der Waals surface area contributed by atoms with Gasteiger partial charge in [0.1, 0.15) is 12.2 Å². The molecule has 11 heteroatoms. The number of nitro groups is 1. The van der Waals surface area contributed by atoms with Gasteiger partial charge in [-0.1, -0.05) is 29.8 Å². The molecule has 0 saturated carbocycles. The number of benzene rings is 3. The number of carbonyl (C=O) groups excluding carboxylic acids is 3. The molecule has 37 heavy (non-hydrogen) atoms. The molecule has 0 spiro atoms. The number of halogens is 1. The summed E-state index contributed by atoms with van der Waals surface area (Å²) in [6.45, 7) is 2.10. The van der Waals surface area contributed by atoms with Crippen molar-refractivity contribution in [3.05, 3.63) is 98.6 Å². The van der Waals surface area contributed by atoms with Gasteiger partial charge < -0.3 is 9.47 Å². The molecule has 1 saturated heterocycles. The second-order valence-corrected chi connectivity index (χ2v) is 8.18. The Labute approximate surface area is 216 Å². The maximum atomic E-state index is 13.1. The number of urea groups is 1. The molecule has 1 heterocycles. The predicted octanol–water partition coefficient (Wildman–Crippen LogP) is 4.89. The van der Waals surface area contributed by atoms with Gasteiger partial charge in [-0.05, 0) is 60.5 Å². The molecule has 1 aliphatic rings. The zero-order valence-electron chi connectivity index (χ0n) is 19.5. The van der Waals surface area contributed by atoms with Crippen molar-refractivity contribution in [2.45, 2.75) is 13.5 Å². The lowest BCUT2D eigenvalue weighted by Crippen LogP contribution is -2.54. The fraction of sp³-hybridized carbons (Fsp3) is 0.115. The first-order valence-electron chi connectivity index (χ1n) is 11.1. The van der Waals surface area contributed by atoms with Gasteiger partial charge in [0.05, 0.1) is 22.2 Å². The third kappa shape index (κ3) is 5.60. The van der Waals surface area contributed by atoms with Gasteiger partial charge in [0.15, 0.2) is 11.5 Å². The van der Waals surface area contributed by atoms with E-state index in [1.165, 1.54) is 24.3 Å². The molecule has 1 fully saturated rings. The molecule has 3 aromatic rings. The van der Waals surface area contributed by atoms with Gasteiger partial charge in [0, 0.05) is 12.1 Å². The first-order chi connectivity index (χ1) is 17.8. The van der Waals surface area contributed by atoms with Gasteiger partial charge in [0.2, 0.25) is 0 Å². The smallest absolute Gasteiger partial charge is 0.335 e. The summed E-state index contributed by atoms with van der Waals surface area (Å²) in [5, 5.41) is 13.2. The summed E-state index contributed by atoms with van der Waals surface area (Å²) in [5.74, 6) is -1.13. The summed E-state index contributed by atoms with van der Waals surface area (Å²) in [4.78, 5) is 49.2. The van der Waals surface area contributed by atoms with E-state index in [4.69, 9.17) is 21.1 Å². The van der Waals surface area contributed by atoms with E-state index in [0.717, 1.165) is 4.90 Å². The van der Waals surface area contributed by atoms with Crippen LogP contribution in [0.2, 0.25) is 5.02 Å². The second-order valence-electron chi connectivity index (χ2n) is 7.77. The van der Waals surface area contributed by atoms with E-state index < -0.39 is 22.8 Å². The van der Waals surface area contributed by atoms with Gasteiger partial charge in [-0.25, -0.2) is 9.69 Å². The molecular weight excluding hydrogens is 502 g/mol. The van der Waals surface area contributed by atoms with Gasteiger partial charge in [-0.2, -0.15) is 0 Å². The molecule has 0 aliphatic carbocycles. The van der Waals surface area contributed by atoms with Crippen LogP contribution in [0.15, 0.2) is 72.3 Å². The summed E-state index contributed by atoms with van der Waals surface area (Å²) in [6.07, 6.45) is 1.31. The number of imide groups is 2. The largest absolute Gasteiger partial charge is 0.490 e. The number of para-hydroxylation sites is 1. The van der Waals surface area contributed by atoms with Crippen molar-refractivity contribution in [2.75, 3.05) is 11.5 Å². The van der Waals surface area contributed by atoms with Gasteiger partial charge >= 0.3 is 6.03 Å². The molecule has 1 aliphatic heterocycles. The number of ether oxygens (including phenoxy) is 2. The summed E-state index contributed by atoms with van der Waals surface area (Å²) in [6, 6.07) is 16.3. The van der Waals surface area contributed by atoms with Crippen molar-refractivity contribution in [1.82, 2.24) is 5.32 Å². The molecule has 0 radical (unpaired) electrons. The van der Waals surface area contributed by atoms with Crippen LogP contribution in [0, 0.1) is 10.1 Å². The molecule has 4 rings (SSSR count). The number of anilines is 1. The SMILES string of the molecule is CCOc1cc(/C=C2\C(=O)NC(=O)N(c3ccccc3)C2=O)cc(Cl)c1OCc1ccc([N+](=O)[O-])cc1. The summed E-state index contributed by atoms with van der Waals surface area (Å²) in [7, 11) is 0. The zero-order valence-corrected chi connectivity index (χ0v) is 20.2. The fourth-order valence-corrected chi connectivity index (χ4v) is 3.85. The van der Waals surface area contributed by atoms with E-state index in [2.05, 4.69) is 5.32 Å². The standard InChI is InChI=1S/C26H20ClN3O7/c1-2-36-22-14-17(13-21(27)23(22)37-15-16-8-10-19(11-9-16)30(34)35)12-20-24(31)28-26(33)29(25(20)32)18-6-4-3-5-7-18/h3-14H,2,15H2,1H3,(H,28,31,33)/b20-12+. The highest BCUT2D eigenvalue weighted by atomic mass is 35.5. The Morgan fingerprint density at radius 2 is 1.73 bits per heavy atom. The third-order valence-electron chi connectivity index (χ3n) is 5.29. The Balaban J connectivity index is 1.62. The lowest BCUT2D eigenvalue weighted by molar-refractivity contribution is -0.384. The van der Waals surface area contributed by atoms with Crippen LogP contribution in [0.1, 0.15) is 18.1 Å². The number of amides is 4. The molecule has 10 nitrogen and oxygen atoms in total. The molecule has 0 aromatic heterocycles. The molecule has 188 valence electrons. The van der Waals surface area contributed by atoms with Gasteiger partial charge in [-0.15, -0.1) is 0 Å². The average molecular weight is 522 g/mol. The molecule has 0 bridgehead atoms. The maximum absolute atomic E-state index is 13.1. The lowest BCUT2D eigenvalue weighted by Gasteiger charge is -2.26. The predicted molar refractivity (Wildman–Crippen MR) is 135 cm³/mol. The Kier molecular flexibility index (Phi) is 7.49. The van der Waals surface area contributed by atoms with E-state index in [1.807, 2.05) is 0 Å². The highest BCUT2D eigenvalue weighted by Crippen LogP contribution is 2.38. The number of nitrogens with one attached hydrogen (secondary N) is 1. The first-order valence-corrected chi connectivity index (χ1v) is 11.4. The van der Waals surface area contributed by atoms with Crippen LogP contribution >= 0.6 is 11.6 Å². The molecule has 3 aromatic carbocycles. The van der Waals surface area contributed by atoms with Crippen molar-refractivity contribution in [3.63, 3.8) is 0 Å². The summed E-state index contributed by atoms with van der Waals surface area (Å²) < 4.78 is 11.5. The minimum Gasteiger partial charge on any atom is -0.490 e. The Bertz CT molecular complexity index is 1410. The molecule has 0 atom stereocenters. The number of carbonyl (C=O) groups is 3. The fourth-order valence-electron chi connectivity index (χ4n) is 3.58. The van der Waals surface area contributed by atoms with Crippen LogP contribution in [0.4, 0.5) is 16.2 Å². The summed E-state index contributed by atoms with van der Waals surface area (Å²) in [5.41, 5.74) is 1.05. The van der Waals surface area contributed by atoms with Crippen molar-refractivity contribution >= 4 is 46.9 Å². The van der Waals surface area contributed by atoms with Crippen molar-refractivity contribution in [1.29, 1.82) is 0 Å². The maximum Gasteiger partial charge on any atom is 0.335 e. The summed E-state index contributed by atoms with van der Waals surface area (Å²) >= 11 is 6.47. The Morgan fingerprint density at radius 1 is 1.03 bits per heavy atom. The number of non-ortho nitro benzene ring substituents is 1. The topological polar surface area (TPSA) is 128 Å². The normalized spacial score (nSPS) is 14.5. The van der Waals surface area contributed by atoms with E-state index in [-0.39, 0.29) is 41.0 Å². The highest BCUT2D eigenvalue weighted by Gasteiger charge is 2.36. The van der Waals surface area contributed by atoms with Crippen LogP contribution in [0.5, 0.6) is 11.5 Å². The molecule has 1 N–H and O–H groups in total. The van der Waals surface area contributed by atoms with Crippen LogP contribution in [0.25, 0.3) is 6.08 Å². The highest BCUT2D eigenvalue weighted by molar-refractivity contribution is 6.39. The van der Waals surface area contributed by atoms with Crippen LogP contribution in [-0.4, -0.2) is 29.4 Å². The van der Waals surface area contributed by atoms with Gasteiger partial charge in [-0.3, -0.25) is 25.0 Å². The Morgan fingerprint density at radius 3 is 2.38 bits per heavy atom. The van der Waals surface area contributed by atoms with E-state index in [9.17, 15) is 24.5 Å². The number of hydrogen-bond acceptors (Lipinski definition) is 7. The number of rotatable bonds is 8. The molecule has 0 unspecified atom stereocenters. The average Bonchev–Trinajstić information content (AvgIpc) is 2.87. The number of nitro benzene ring substituents is 1. The van der Waals surface area contributed by atoms with Crippen LogP contribution < -0.4 is 19.7 Å². The van der Waals surface area contributed by atoms with E-state index in [1.54, 1.807) is 55.5 Å². The van der Waals surface area contributed by atoms with E-state index >= 15 is 0 Å². The minimum atomic E-state index is -0.846. The van der Waals surface area contributed by atoms with Crippen molar-refractivity contribution < 1.29 is 28.8 Å². The number of nitrogens with zero attached hydrogens (tertiary/aromatic N) is 2. The van der Waals surface area contributed by atoms with Crippen molar-refractivity contribution in [3.8, 4) is 11.5 Å². The zero-order chi connectivity index (χ0) is 26.5. The minimum absolute atomic E-state index is 0.0389. The van der Waals surface area contributed by atoms with Gasteiger partial charge in [0.25, 0.3) is 17.5 Å².